The Bertz CT molecular complexity index is 2140. The average Bonchev–Trinajstić information content (AvgIpc) is 0.975. The number of nitriles is 2. The van der Waals surface area contributed by atoms with E-state index in [1.165, 1.54) is 45.2 Å². The zero-order valence-corrected chi connectivity index (χ0v) is 106. The quantitative estimate of drug-likeness (QED) is 0.0153. The Hall–Kier alpha value is -4.00. The van der Waals surface area contributed by atoms with Gasteiger partial charge in [-0.3, -0.25) is 9.59 Å². The lowest BCUT2D eigenvalue weighted by molar-refractivity contribution is -0.139. The summed E-state index contributed by atoms with van der Waals surface area (Å²) < 4.78 is 4.89. The van der Waals surface area contributed by atoms with Gasteiger partial charge in [0.15, 0.2) is 0 Å². The summed E-state index contributed by atoms with van der Waals surface area (Å²) in [4.78, 5) is 42.2. The number of methoxy groups -OCH3 is 1. The maximum absolute atomic E-state index is 10.2. The molecule has 25 heteroatoms. The molecule has 0 bridgehead atoms. The third kappa shape index (κ3) is 399. The fraction of sp³-hybridized carbons (Fsp3) is 0.932. The average molecular weight is 2060 g/mol. The van der Waals surface area contributed by atoms with Crippen molar-refractivity contribution in [1.29, 1.82) is 10.5 Å². The van der Waals surface area contributed by atoms with Crippen molar-refractivity contribution in [3.05, 3.63) is 12.7 Å². The highest BCUT2D eigenvalue weighted by atomic mass is 16.5. The number of aliphatic carboxylic acids is 1. The van der Waals surface area contributed by atoms with Crippen molar-refractivity contribution in [2.75, 3.05) is 140 Å². The largest absolute Gasteiger partial charge is 0.481 e. The van der Waals surface area contributed by atoms with E-state index in [-0.39, 0.29) is 29.8 Å². The van der Waals surface area contributed by atoms with Crippen LogP contribution in [0, 0.1) is 140 Å². The molecule has 0 saturated heterocycles. The van der Waals surface area contributed by atoms with Crippen LogP contribution in [0.15, 0.2) is 12.7 Å². The Morgan fingerprint density at radius 3 is 0.839 bits per heavy atom. The van der Waals surface area contributed by atoms with Gasteiger partial charge in [0.1, 0.15) is 6.29 Å². The number of nitrogens with one attached hydrogen (secondary N) is 5. The van der Waals surface area contributed by atoms with Gasteiger partial charge in [-0.25, -0.2) is 4.79 Å². The normalized spacial score (nSPS) is 10.5. The molecule has 143 heavy (non-hydrogen) atoms. The Kier molecular flexibility index (Phi) is 203. The summed E-state index contributed by atoms with van der Waals surface area (Å²) >= 11 is 0. The molecule has 1 atom stereocenters. The Labute approximate surface area is 897 Å². The predicted molar refractivity (Wildman–Crippen MR) is 639 cm³/mol. The number of primary amides is 2. The van der Waals surface area contributed by atoms with Crippen LogP contribution in [0.5, 0.6) is 0 Å². The Balaban J connectivity index is -0.0000000620. The second-order valence-electron chi connectivity index (χ2n) is 46.8. The van der Waals surface area contributed by atoms with E-state index in [0.29, 0.717) is 100 Å². The number of aldehydes is 1. The molecule has 25 nitrogen and oxygen atoms in total. The highest BCUT2D eigenvalue weighted by Gasteiger charge is 2.15. The molecular weight excluding hydrogens is 1790 g/mol. The molecule has 0 rings (SSSR count). The minimum atomic E-state index is -0.725. The van der Waals surface area contributed by atoms with Gasteiger partial charge in [0, 0.05) is 71.7 Å². The fourth-order valence-corrected chi connectivity index (χ4v) is 8.43. The second-order valence-corrected chi connectivity index (χ2v) is 46.8. The lowest BCUT2D eigenvalue weighted by atomic mass is 9.92. The highest BCUT2D eigenvalue weighted by Crippen LogP contribution is 2.18. The highest BCUT2D eigenvalue weighted by molar-refractivity contribution is 5.74. The zero-order chi connectivity index (χ0) is 118. The SMILES string of the molecule is C=CCC(C)C.CC(C)(C)CC(=O)O.CC(C)(C)CC(N)=O.CC(C)CC#N.CC(C)CC#N.CC(C)CC=O.CC(C)CCCO.CC(C)CCCO.CC(C)CCN.CC(C)CCN.CC(C)CCN.CC(C)CCN.CC(C)CCN(C)C.CC(C)CCNC(C)C.CC(C)CCNC(N)=O.CC(C)CCO.CC(C)C[C@H](O)CO.CCNCCC(C)C.CNCCC(C)C.COCCNCCC(C)C. The van der Waals surface area contributed by atoms with E-state index >= 15 is 0 Å². The molecule has 0 aromatic carbocycles. The number of allylic oxidation sites excluding steroid dienone is 1. The van der Waals surface area contributed by atoms with Gasteiger partial charge in [0.2, 0.25) is 5.91 Å². The van der Waals surface area contributed by atoms with Crippen LogP contribution in [0.1, 0.15) is 453 Å². The van der Waals surface area contributed by atoms with Crippen molar-refractivity contribution in [1.82, 2.24) is 31.5 Å². The Morgan fingerprint density at radius 2 is 0.720 bits per heavy atom. The summed E-state index contributed by atoms with van der Waals surface area (Å²) in [5.41, 5.74) is 30.7. The first-order valence-corrected chi connectivity index (χ1v) is 55.8. The summed E-state index contributed by atoms with van der Waals surface area (Å²) in [6.45, 7) is 113. The van der Waals surface area contributed by atoms with Crippen molar-refractivity contribution < 1.29 is 54.6 Å². The smallest absolute Gasteiger partial charge is 0.312 e. The number of carboxylic acids is 1. The second kappa shape index (κ2) is 156. The lowest BCUT2D eigenvalue weighted by Crippen LogP contribution is -2.30. The molecule has 0 saturated carbocycles. The minimum absolute atomic E-state index is 0.0475. The maximum atomic E-state index is 10.2. The summed E-state index contributed by atoms with van der Waals surface area (Å²) in [5, 5.41) is 81.8. The topological polar surface area (TPSA) is 466 Å². The first-order valence-electron chi connectivity index (χ1n) is 55.8. The molecule has 0 unspecified atom stereocenters. The van der Waals surface area contributed by atoms with Gasteiger partial charge in [0.25, 0.3) is 0 Å². The van der Waals surface area contributed by atoms with Gasteiger partial charge < -0.3 is 106 Å². The van der Waals surface area contributed by atoms with Crippen LogP contribution in [0.3, 0.4) is 0 Å². The predicted octanol–water partition coefficient (Wildman–Crippen LogP) is 25.7. The number of nitrogens with two attached hydrogens (primary N) is 6. The molecule has 0 aliphatic heterocycles. The van der Waals surface area contributed by atoms with Gasteiger partial charge in [-0.05, 0) is 313 Å². The number of aliphatic hydroxyl groups excluding tert-OH is 5. The molecule has 0 aromatic rings. The third-order valence-electron chi connectivity index (χ3n) is 17.1. The van der Waals surface area contributed by atoms with Gasteiger partial charge in [-0.2, -0.15) is 10.5 Å². The number of nitrogens with zero attached hydrogens (tertiary/aromatic N) is 3. The number of hydrogen-bond donors (Lipinski definition) is 17. The summed E-state index contributed by atoms with van der Waals surface area (Å²) in [6.07, 6.45) is 24.2. The first-order chi connectivity index (χ1) is 65.7. The number of ether oxygens (including phenoxy) is 1. The van der Waals surface area contributed by atoms with Crippen LogP contribution in [-0.4, -0.2) is 212 Å². The molecule has 3 amide bonds. The molecule has 880 valence electrons. The van der Waals surface area contributed by atoms with Crippen LogP contribution in [0.25, 0.3) is 0 Å². The summed E-state index contributed by atoms with van der Waals surface area (Å²) in [5.74, 6) is 11.9. The fourth-order valence-electron chi connectivity index (χ4n) is 8.43. The summed E-state index contributed by atoms with van der Waals surface area (Å²) in [7, 11) is 7.94. The van der Waals surface area contributed by atoms with Crippen LogP contribution >= 0.6 is 0 Å². The number of carbonyl (C=O) groups is 4. The van der Waals surface area contributed by atoms with Crippen LogP contribution in [0.4, 0.5) is 4.79 Å². The van der Waals surface area contributed by atoms with Gasteiger partial charge in [-0.1, -0.05) is 318 Å². The molecule has 0 radical (unpaired) electrons. The van der Waals surface area contributed by atoms with E-state index in [4.69, 9.17) is 80.3 Å². The van der Waals surface area contributed by atoms with E-state index in [2.05, 4.69) is 279 Å². The van der Waals surface area contributed by atoms with Gasteiger partial charge in [-0.15, -0.1) is 6.58 Å². The molecule has 0 aromatic heterocycles. The zero-order valence-electron chi connectivity index (χ0n) is 106. The molecule has 0 fully saturated rings. The number of aliphatic hydroxyl groups is 5. The first kappa shape index (κ1) is 187. The van der Waals surface area contributed by atoms with Crippen LogP contribution in [-0.2, 0) is 19.1 Å². The monoisotopic (exact) mass is 2060 g/mol. The Morgan fingerprint density at radius 1 is 0.413 bits per heavy atom. The molecule has 0 heterocycles. The third-order valence-corrected chi connectivity index (χ3v) is 17.1. The number of amides is 3. The van der Waals surface area contributed by atoms with Crippen LogP contribution in [0.2, 0.25) is 0 Å². The standard InChI is InChI=1S/C8H19NO.C8H19N.2C7H17N.C6H14N2O.C6H13NO.C6H15N.C6H12O2.C6H14O2.2C6H14O.C6H12.4C5H13N.2C5H9N.C5H12O.C5H10O/c1-8(2)4-5-9-6-7-10-3;1-7(2)5-6-9-8(3)4;1-7(2)5-6-8(3)4;1-4-8-6-5-7(2)3;1-5(2)3-4-8-6(7)9;1-6(2,3)4-5(7)8;1-6(2)4-5-7-3;1-6(2,3)4-5(7)8;1-5(2)3-6(8)4-7;2*1-6(2)4-3-5-7;1-4-5-6(2)3;8*1-5(2)3-4-6/h8-9H,4-7H2,1-3H3;7-9H,5-6H2,1-4H3;7H,5-6H2,1-4H3;7-8H,4-6H2,1-3H3;5H,3-4H2,1-2H3,(H3,7,8,9);4H2,1-3H3,(H2,7,8);6-7H,4-5H2,1-3H3;4H2,1-3H3,(H,7,8);5-8H,3-4H2,1-2H3;2*6-7H,3-5H2,1-2H3;4,6H,1,5H2,2-3H3;4*5H,3-4,6H2,1-2H3;2*5H,3H2,1-2H3;5-6H,3-4H2,1-2H3;4-5H,3H2,1-2H3/t;;;;;;;;6-;;;;;;;;;;;/m........0.........../s1. The van der Waals surface area contributed by atoms with E-state index in [9.17, 15) is 19.2 Å². The van der Waals surface area contributed by atoms with E-state index in [0.717, 1.165) is 213 Å². The van der Waals surface area contributed by atoms with Crippen molar-refractivity contribution in [2.24, 2.45) is 152 Å². The van der Waals surface area contributed by atoms with Gasteiger partial charge >= 0.3 is 12.0 Å². The lowest BCUT2D eigenvalue weighted by Gasteiger charge is -2.13. The van der Waals surface area contributed by atoms with Gasteiger partial charge in [0.05, 0.1) is 37.9 Å². The number of hydrogen-bond acceptors (Lipinski definition) is 21. The molecule has 0 aliphatic rings. The number of carbonyl (C=O) groups excluding carboxylic acids is 3. The maximum Gasteiger partial charge on any atom is 0.312 e. The van der Waals surface area contributed by atoms with Crippen molar-refractivity contribution in [3.63, 3.8) is 0 Å². The number of carboxylic acid groups (broad SMARTS) is 1. The molecule has 23 N–H and O–H groups in total. The summed E-state index contributed by atoms with van der Waals surface area (Å²) in [6, 6.07) is 4.34. The van der Waals surface area contributed by atoms with Crippen molar-refractivity contribution in [2.45, 2.75) is 465 Å². The van der Waals surface area contributed by atoms with E-state index < -0.39 is 18.1 Å². The molecular formula is C118H272N14O11. The number of rotatable bonds is 50. The van der Waals surface area contributed by atoms with E-state index in [1.54, 1.807) is 7.11 Å². The number of urea groups is 1. The molecule has 0 spiro atoms. The van der Waals surface area contributed by atoms with E-state index in [1.807, 2.05) is 110 Å². The van der Waals surface area contributed by atoms with Crippen molar-refractivity contribution in [3.8, 4) is 12.1 Å². The van der Waals surface area contributed by atoms with Crippen LogP contribution < -0.4 is 61.0 Å². The molecule has 0 aliphatic carbocycles. The minimum Gasteiger partial charge on any atom is -0.481 e. The van der Waals surface area contributed by atoms with Crippen molar-refractivity contribution >= 4 is 24.2 Å².